The SMILES string of the molecule is CCc1nnc(NC(=O)c2cc(S(=O)(=O)N3CC[NH+](CC)CC3)ccc2Cl)s1. The molecule has 1 aliphatic heterocycles. The number of piperazine rings is 1. The Labute approximate surface area is 173 Å². The van der Waals surface area contributed by atoms with Gasteiger partial charge >= 0.3 is 0 Å². The van der Waals surface area contributed by atoms with Gasteiger partial charge in [-0.1, -0.05) is 29.9 Å². The molecular formula is C17H23ClN5O3S2+. The Balaban J connectivity index is 1.81. The number of likely N-dealkylation sites (N-methyl/N-ethyl adjacent to an activating group) is 1. The molecule has 0 saturated carbocycles. The molecule has 1 aliphatic rings. The summed E-state index contributed by atoms with van der Waals surface area (Å²) in [4.78, 5) is 14.0. The number of nitrogens with zero attached hydrogens (tertiary/aromatic N) is 3. The molecule has 1 amide bonds. The number of carbonyl (C=O) groups is 1. The van der Waals surface area contributed by atoms with Gasteiger partial charge in [-0.05, 0) is 31.5 Å². The lowest BCUT2D eigenvalue weighted by molar-refractivity contribution is -0.901. The maximum absolute atomic E-state index is 13.0. The molecule has 28 heavy (non-hydrogen) atoms. The van der Waals surface area contributed by atoms with Crippen LogP contribution in [0.1, 0.15) is 29.2 Å². The van der Waals surface area contributed by atoms with Gasteiger partial charge in [0.15, 0.2) is 0 Å². The average molecular weight is 445 g/mol. The Morgan fingerprint density at radius 3 is 2.61 bits per heavy atom. The van der Waals surface area contributed by atoms with E-state index in [9.17, 15) is 13.2 Å². The summed E-state index contributed by atoms with van der Waals surface area (Å²) in [5.74, 6) is -0.513. The summed E-state index contributed by atoms with van der Waals surface area (Å²) in [6.07, 6.45) is 0.717. The van der Waals surface area contributed by atoms with E-state index in [1.807, 2.05) is 6.92 Å². The molecule has 0 unspecified atom stereocenters. The van der Waals surface area contributed by atoms with Crippen LogP contribution in [0.5, 0.6) is 0 Å². The van der Waals surface area contributed by atoms with Crippen molar-refractivity contribution in [2.45, 2.75) is 25.2 Å². The number of aryl methyl sites for hydroxylation is 1. The highest BCUT2D eigenvalue weighted by Gasteiger charge is 2.30. The quantitative estimate of drug-likeness (QED) is 0.690. The molecule has 3 rings (SSSR count). The van der Waals surface area contributed by atoms with Crippen LogP contribution in [-0.4, -0.2) is 61.6 Å². The summed E-state index contributed by atoms with van der Waals surface area (Å²) in [6.45, 7) is 7.47. The van der Waals surface area contributed by atoms with Gasteiger partial charge in [0.2, 0.25) is 15.2 Å². The van der Waals surface area contributed by atoms with Crippen LogP contribution in [-0.2, 0) is 16.4 Å². The molecule has 2 heterocycles. The van der Waals surface area contributed by atoms with Gasteiger partial charge in [-0.25, -0.2) is 8.42 Å². The van der Waals surface area contributed by atoms with Gasteiger partial charge in [0, 0.05) is 0 Å². The largest absolute Gasteiger partial charge is 0.333 e. The zero-order valence-corrected chi connectivity index (χ0v) is 18.1. The standard InChI is InChI=1S/C17H22ClN5O3S2/c1-3-15-20-21-17(27-15)19-16(24)13-11-12(5-6-14(13)18)28(25,26)23-9-7-22(4-2)8-10-23/h5-6,11H,3-4,7-10H2,1-2H3,(H,19,21,24)/p+1. The summed E-state index contributed by atoms with van der Waals surface area (Å²) in [7, 11) is -3.68. The van der Waals surface area contributed by atoms with Crippen molar-refractivity contribution < 1.29 is 18.1 Å². The van der Waals surface area contributed by atoms with E-state index in [1.165, 1.54) is 38.7 Å². The molecule has 1 fully saturated rings. The third-order valence-electron chi connectivity index (χ3n) is 4.74. The van der Waals surface area contributed by atoms with Crippen LogP contribution < -0.4 is 10.2 Å². The maximum Gasteiger partial charge on any atom is 0.259 e. The van der Waals surface area contributed by atoms with Gasteiger partial charge in [0.1, 0.15) is 5.01 Å². The molecule has 0 radical (unpaired) electrons. The smallest absolute Gasteiger partial charge is 0.259 e. The first kappa shape index (κ1) is 21.1. The second-order valence-corrected chi connectivity index (χ2v) is 9.87. The zero-order chi connectivity index (χ0) is 20.3. The van der Waals surface area contributed by atoms with E-state index >= 15 is 0 Å². The predicted molar refractivity (Wildman–Crippen MR) is 109 cm³/mol. The average Bonchev–Trinajstić information content (AvgIpc) is 3.15. The number of sulfonamides is 1. The van der Waals surface area contributed by atoms with Crippen molar-refractivity contribution in [3.05, 3.63) is 33.8 Å². The third kappa shape index (κ3) is 4.52. The molecule has 0 bridgehead atoms. The van der Waals surface area contributed by atoms with Crippen LogP contribution in [0.3, 0.4) is 0 Å². The minimum atomic E-state index is -3.68. The van der Waals surface area contributed by atoms with Crippen LogP contribution in [0.4, 0.5) is 5.13 Å². The molecule has 1 aromatic heterocycles. The lowest BCUT2D eigenvalue weighted by Gasteiger charge is -2.30. The number of benzene rings is 1. The van der Waals surface area contributed by atoms with Gasteiger partial charge in [0.05, 0.1) is 48.2 Å². The second kappa shape index (κ2) is 8.83. The first-order valence-corrected chi connectivity index (χ1v) is 11.8. The Morgan fingerprint density at radius 1 is 1.29 bits per heavy atom. The highest BCUT2D eigenvalue weighted by molar-refractivity contribution is 7.89. The molecular weight excluding hydrogens is 422 g/mol. The van der Waals surface area contributed by atoms with Crippen LogP contribution in [0.2, 0.25) is 5.02 Å². The second-order valence-electron chi connectivity index (χ2n) is 6.46. The summed E-state index contributed by atoms with van der Waals surface area (Å²) in [6, 6.07) is 4.20. The molecule has 0 aliphatic carbocycles. The zero-order valence-electron chi connectivity index (χ0n) is 15.7. The number of aromatic nitrogens is 2. The van der Waals surface area contributed by atoms with Crippen LogP contribution >= 0.6 is 22.9 Å². The summed E-state index contributed by atoms with van der Waals surface area (Å²) < 4.78 is 27.4. The highest BCUT2D eigenvalue weighted by Crippen LogP contribution is 2.25. The first-order valence-electron chi connectivity index (χ1n) is 9.12. The highest BCUT2D eigenvalue weighted by atomic mass is 35.5. The molecule has 0 atom stereocenters. The van der Waals surface area contributed by atoms with Crippen molar-refractivity contribution in [3.63, 3.8) is 0 Å². The van der Waals surface area contributed by atoms with Crippen LogP contribution in [0.15, 0.2) is 23.1 Å². The van der Waals surface area contributed by atoms with E-state index in [0.29, 0.717) is 18.2 Å². The van der Waals surface area contributed by atoms with E-state index < -0.39 is 15.9 Å². The van der Waals surface area contributed by atoms with Crippen molar-refractivity contribution >= 4 is 44.0 Å². The van der Waals surface area contributed by atoms with Crippen LogP contribution in [0, 0.1) is 0 Å². The first-order chi connectivity index (χ1) is 13.3. The van der Waals surface area contributed by atoms with Gasteiger partial charge < -0.3 is 4.90 Å². The Morgan fingerprint density at radius 2 is 2.00 bits per heavy atom. The fourth-order valence-corrected chi connectivity index (χ4v) is 5.34. The number of quaternary nitrogens is 1. The molecule has 1 saturated heterocycles. The lowest BCUT2D eigenvalue weighted by Crippen LogP contribution is -3.14. The van der Waals surface area contributed by atoms with E-state index in [-0.39, 0.29) is 15.5 Å². The van der Waals surface area contributed by atoms with Crippen molar-refractivity contribution in [3.8, 4) is 0 Å². The number of rotatable bonds is 6. The van der Waals surface area contributed by atoms with Gasteiger partial charge in [-0.2, -0.15) is 4.31 Å². The molecule has 11 heteroatoms. The van der Waals surface area contributed by atoms with E-state index in [2.05, 4.69) is 22.4 Å². The van der Waals surface area contributed by atoms with Gasteiger partial charge in [0.25, 0.3) is 5.91 Å². The normalized spacial score (nSPS) is 16.2. The molecule has 8 nitrogen and oxygen atoms in total. The summed E-state index contributed by atoms with van der Waals surface area (Å²) in [5, 5.41) is 11.8. The Kier molecular flexibility index (Phi) is 6.66. The number of carbonyl (C=O) groups excluding carboxylic acids is 1. The van der Waals surface area contributed by atoms with Gasteiger partial charge in [-0.3, -0.25) is 10.1 Å². The van der Waals surface area contributed by atoms with Crippen molar-refractivity contribution in [1.82, 2.24) is 14.5 Å². The topological polar surface area (TPSA) is 96.7 Å². The summed E-state index contributed by atoms with van der Waals surface area (Å²) in [5.41, 5.74) is 0.0915. The van der Waals surface area contributed by atoms with Crippen LogP contribution in [0.25, 0.3) is 0 Å². The van der Waals surface area contributed by atoms with Crippen molar-refractivity contribution in [1.29, 1.82) is 0 Å². The van der Waals surface area contributed by atoms with E-state index in [0.717, 1.165) is 31.1 Å². The number of hydrogen-bond donors (Lipinski definition) is 2. The number of halogens is 1. The predicted octanol–water partition coefficient (Wildman–Crippen LogP) is 0.915. The Bertz CT molecular complexity index is 955. The maximum atomic E-state index is 13.0. The number of anilines is 1. The van der Waals surface area contributed by atoms with E-state index in [1.54, 1.807) is 0 Å². The fraction of sp³-hybridized carbons (Fsp3) is 0.471. The molecule has 152 valence electrons. The molecule has 1 aromatic carbocycles. The molecule has 0 spiro atoms. The van der Waals surface area contributed by atoms with E-state index in [4.69, 9.17) is 11.6 Å². The van der Waals surface area contributed by atoms with Crippen molar-refractivity contribution in [2.24, 2.45) is 0 Å². The number of amides is 1. The Hall–Kier alpha value is -1.59. The third-order valence-corrected chi connectivity index (χ3v) is 7.95. The van der Waals surface area contributed by atoms with Crippen molar-refractivity contribution in [2.75, 3.05) is 38.0 Å². The summed E-state index contributed by atoms with van der Waals surface area (Å²) >= 11 is 7.43. The molecule has 2 aromatic rings. The minimum absolute atomic E-state index is 0.0634. The fourth-order valence-electron chi connectivity index (χ4n) is 3.00. The number of nitrogens with one attached hydrogen (secondary N) is 2. The minimum Gasteiger partial charge on any atom is -0.333 e. The number of hydrogen-bond acceptors (Lipinski definition) is 6. The monoisotopic (exact) mass is 444 g/mol. The molecule has 2 N–H and O–H groups in total. The lowest BCUT2D eigenvalue weighted by atomic mass is 10.2. The van der Waals surface area contributed by atoms with Gasteiger partial charge in [-0.15, -0.1) is 10.2 Å².